The number of hydrogen-bond acceptors (Lipinski definition) is 5. The van der Waals surface area contributed by atoms with E-state index in [9.17, 15) is 0 Å². The van der Waals surface area contributed by atoms with Crippen molar-refractivity contribution in [3.8, 4) is 17.2 Å². The highest BCUT2D eigenvalue weighted by atomic mass is 28.3. The topological polar surface area (TPSA) is 58.4 Å². The van der Waals surface area contributed by atoms with Crippen LogP contribution in [-0.4, -0.2) is 42.4 Å². The van der Waals surface area contributed by atoms with Crippen molar-refractivity contribution in [2.75, 3.05) is 13.7 Å². The van der Waals surface area contributed by atoms with Crippen LogP contribution in [-0.2, 0) is 9.47 Å². The lowest BCUT2D eigenvalue weighted by Crippen LogP contribution is -2.32. The van der Waals surface area contributed by atoms with E-state index in [1.807, 2.05) is 31.2 Å². The molecule has 0 N–H and O–H groups in total. The summed E-state index contributed by atoms with van der Waals surface area (Å²) >= 11 is 0. The Morgan fingerprint density at radius 2 is 1.91 bits per heavy atom. The third-order valence-electron chi connectivity index (χ3n) is 6.52. The molecular formula is C26H31N3O3Si. The average Bonchev–Trinajstić information content (AvgIpc) is 3.39. The number of fused-ring (bicyclic) bond motifs is 2. The summed E-state index contributed by atoms with van der Waals surface area (Å²) in [5, 5.41) is 1.08. The molecule has 1 aliphatic carbocycles. The summed E-state index contributed by atoms with van der Waals surface area (Å²) in [6.45, 7) is 9.54. The molecule has 2 aromatic heterocycles. The van der Waals surface area contributed by atoms with E-state index < -0.39 is 8.07 Å². The predicted octanol–water partition coefficient (Wildman–Crippen LogP) is 5.04. The van der Waals surface area contributed by atoms with Gasteiger partial charge in [-0.25, -0.2) is 9.97 Å². The number of hydrogen-bond donors (Lipinski definition) is 0. The van der Waals surface area contributed by atoms with Crippen molar-refractivity contribution < 1.29 is 14.2 Å². The largest absolute Gasteiger partial charge is 0.497 e. The minimum Gasteiger partial charge on any atom is -0.497 e. The molecule has 1 aromatic carbocycles. The second kappa shape index (κ2) is 8.60. The van der Waals surface area contributed by atoms with Gasteiger partial charge >= 0.3 is 0 Å². The maximum absolute atomic E-state index is 6.42. The number of nitrogens with zero attached hydrogens (tertiary/aromatic N) is 3. The van der Waals surface area contributed by atoms with Crippen molar-refractivity contribution in [2.24, 2.45) is 5.92 Å². The van der Waals surface area contributed by atoms with Crippen LogP contribution in [0.25, 0.3) is 11.0 Å². The molecule has 3 aromatic rings. The first-order chi connectivity index (χ1) is 15.8. The van der Waals surface area contributed by atoms with Crippen LogP contribution in [0.5, 0.6) is 5.75 Å². The van der Waals surface area contributed by atoms with Crippen molar-refractivity contribution in [2.45, 2.75) is 57.8 Å². The summed E-state index contributed by atoms with van der Waals surface area (Å²) in [5.74, 6) is 4.67. The van der Waals surface area contributed by atoms with E-state index in [0.29, 0.717) is 18.6 Å². The molecule has 6 nitrogen and oxygen atoms in total. The summed E-state index contributed by atoms with van der Waals surface area (Å²) in [7, 11) is 0.178. The molecule has 33 heavy (non-hydrogen) atoms. The lowest BCUT2D eigenvalue weighted by atomic mass is 10.1. The standard InChI is InChI=1S/C26H31N3O3Si/c1-17-24-19(10-11-33(3,4)5)14-29(25(24)28-16-27-17)21-12-20-15-31-26(32-23(20)13-21)18-6-8-22(30-2)9-7-18/h6-9,14,16,20-21,23,26H,12-13,15H2,1-5H3/t20-,21+,23-,26?/m0/s1. The van der Waals surface area contributed by atoms with Crippen LogP contribution in [0.4, 0.5) is 0 Å². The Morgan fingerprint density at radius 3 is 2.64 bits per heavy atom. The Kier molecular flexibility index (Phi) is 5.77. The van der Waals surface area contributed by atoms with Crippen LogP contribution in [0.2, 0.25) is 19.6 Å². The molecule has 2 aliphatic rings. The monoisotopic (exact) mass is 461 g/mol. The number of ether oxygens (including phenoxy) is 3. The van der Waals surface area contributed by atoms with Gasteiger partial charge in [-0.15, -0.1) is 5.54 Å². The molecule has 1 aliphatic heterocycles. The highest BCUT2D eigenvalue weighted by molar-refractivity contribution is 6.83. The Hall–Kier alpha value is -2.66. The summed E-state index contributed by atoms with van der Waals surface area (Å²) < 4.78 is 20.1. The fourth-order valence-electron chi connectivity index (χ4n) is 4.84. The van der Waals surface area contributed by atoms with Gasteiger partial charge in [0.15, 0.2) is 6.29 Å². The molecule has 1 saturated carbocycles. The van der Waals surface area contributed by atoms with Crippen molar-refractivity contribution in [3.63, 3.8) is 0 Å². The van der Waals surface area contributed by atoms with Gasteiger partial charge in [0.05, 0.1) is 36.5 Å². The molecule has 7 heteroatoms. The first-order valence-electron chi connectivity index (χ1n) is 11.6. The van der Waals surface area contributed by atoms with Gasteiger partial charge in [0.2, 0.25) is 0 Å². The van der Waals surface area contributed by atoms with E-state index >= 15 is 0 Å². The molecule has 1 saturated heterocycles. The van der Waals surface area contributed by atoms with Gasteiger partial charge in [-0.2, -0.15) is 0 Å². The second-order valence-electron chi connectivity index (χ2n) is 10.1. The van der Waals surface area contributed by atoms with E-state index in [1.165, 1.54) is 0 Å². The van der Waals surface area contributed by atoms with Gasteiger partial charge in [-0.3, -0.25) is 0 Å². The third-order valence-corrected chi connectivity index (χ3v) is 7.39. The zero-order chi connectivity index (χ0) is 23.2. The van der Waals surface area contributed by atoms with Gasteiger partial charge in [0.1, 0.15) is 25.8 Å². The molecule has 3 heterocycles. The molecule has 2 fully saturated rings. The SMILES string of the molecule is COc1ccc(C2OC[C@@H]3C[C@@H](n4cc(C#C[Si](C)(C)C)c5c(C)ncnc54)C[C@@H]3O2)cc1. The second-order valence-corrected chi connectivity index (χ2v) is 14.9. The average molecular weight is 462 g/mol. The fraction of sp³-hybridized carbons (Fsp3) is 0.462. The number of benzene rings is 1. The van der Waals surface area contributed by atoms with Crippen molar-refractivity contribution in [3.05, 3.63) is 53.6 Å². The van der Waals surface area contributed by atoms with Crippen LogP contribution in [0.1, 0.15) is 42.0 Å². The van der Waals surface area contributed by atoms with Gasteiger partial charge in [-0.1, -0.05) is 37.7 Å². The van der Waals surface area contributed by atoms with E-state index in [-0.39, 0.29) is 12.4 Å². The fourth-order valence-corrected chi connectivity index (χ4v) is 5.35. The highest BCUT2D eigenvalue weighted by Crippen LogP contribution is 2.44. The van der Waals surface area contributed by atoms with Gasteiger partial charge in [-0.05, 0) is 31.9 Å². The van der Waals surface area contributed by atoms with Crippen LogP contribution < -0.4 is 4.74 Å². The van der Waals surface area contributed by atoms with Crippen molar-refractivity contribution in [1.29, 1.82) is 0 Å². The molecule has 0 bridgehead atoms. The zero-order valence-electron chi connectivity index (χ0n) is 20.0. The summed E-state index contributed by atoms with van der Waals surface area (Å²) in [6, 6.07) is 8.22. The third kappa shape index (κ3) is 4.43. The Labute approximate surface area is 196 Å². The minimum atomic E-state index is -1.49. The van der Waals surface area contributed by atoms with Gasteiger partial charge < -0.3 is 18.8 Å². The van der Waals surface area contributed by atoms with Gasteiger partial charge in [0, 0.05) is 23.7 Å². The van der Waals surface area contributed by atoms with E-state index in [1.54, 1.807) is 13.4 Å². The van der Waals surface area contributed by atoms with Crippen molar-refractivity contribution >= 4 is 19.1 Å². The first-order valence-corrected chi connectivity index (χ1v) is 15.1. The predicted molar refractivity (Wildman–Crippen MR) is 131 cm³/mol. The lowest BCUT2D eigenvalue weighted by Gasteiger charge is -2.32. The Bertz CT molecular complexity index is 1220. The first kappa shape index (κ1) is 22.1. The van der Waals surface area contributed by atoms with Crippen molar-refractivity contribution in [1.82, 2.24) is 14.5 Å². The summed E-state index contributed by atoms with van der Waals surface area (Å²) in [6.07, 6.45) is 5.61. The van der Waals surface area contributed by atoms with E-state index in [0.717, 1.165) is 46.4 Å². The number of aromatic nitrogens is 3. The lowest BCUT2D eigenvalue weighted by molar-refractivity contribution is -0.233. The number of rotatable bonds is 3. The number of methoxy groups -OCH3 is 1. The molecule has 0 radical (unpaired) electrons. The molecule has 0 amide bonds. The zero-order valence-corrected chi connectivity index (χ0v) is 21.0. The van der Waals surface area contributed by atoms with Crippen LogP contribution in [0, 0.1) is 24.3 Å². The van der Waals surface area contributed by atoms with Crippen LogP contribution in [0.15, 0.2) is 36.8 Å². The number of aryl methyl sites for hydroxylation is 1. The molecule has 4 atom stereocenters. The smallest absolute Gasteiger partial charge is 0.184 e. The van der Waals surface area contributed by atoms with Crippen LogP contribution in [0.3, 0.4) is 0 Å². The summed E-state index contributed by atoms with van der Waals surface area (Å²) in [4.78, 5) is 9.11. The van der Waals surface area contributed by atoms with E-state index in [2.05, 4.69) is 51.8 Å². The minimum absolute atomic E-state index is 0.160. The van der Waals surface area contributed by atoms with E-state index in [4.69, 9.17) is 14.2 Å². The molecule has 1 unspecified atom stereocenters. The molecule has 172 valence electrons. The molecule has 5 rings (SSSR count). The Morgan fingerprint density at radius 1 is 1.12 bits per heavy atom. The highest BCUT2D eigenvalue weighted by Gasteiger charge is 2.42. The molecule has 0 spiro atoms. The summed E-state index contributed by atoms with van der Waals surface area (Å²) in [5.41, 5.74) is 7.52. The quantitative estimate of drug-likeness (QED) is 0.404. The maximum atomic E-state index is 6.42. The van der Waals surface area contributed by atoms with Gasteiger partial charge in [0.25, 0.3) is 0 Å². The maximum Gasteiger partial charge on any atom is 0.184 e. The molecular weight excluding hydrogens is 430 g/mol. The van der Waals surface area contributed by atoms with Crippen LogP contribution >= 0.6 is 0 Å². The Balaban J connectivity index is 1.40. The normalized spacial score (nSPS) is 24.9.